The summed E-state index contributed by atoms with van der Waals surface area (Å²) in [6, 6.07) is 10.3. The van der Waals surface area contributed by atoms with Crippen LogP contribution in [0, 0.1) is 17.7 Å². The molecule has 254 valence electrons. The van der Waals surface area contributed by atoms with E-state index in [-0.39, 0.29) is 28.1 Å². The third-order valence-electron chi connectivity index (χ3n) is 9.38. The number of hydrogen-bond acceptors (Lipinski definition) is 8. The van der Waals surface area contributed by atoms with Crippen LogP contribution in [-0.2, 0) is 21.3 Å². The van der Waals surface area contributed by atoms with E-state index in [1.807, 2.05) is 4.90 Å². The normalized spacial score (nSPS) is 21.4. The smallest absolute Gasteiger partial charge is 0.270 e. The van der Waals surface area contributed by atoms with Crippen LogP contribution in [0.25, 0.3) is 0 Å². The maximum absolute atomic E-state index is 16.2. The molecule has 0 N–H and O–H groups in total. The van der Waals surface area contributed by atoms with Gasteiger partial charge in [0.15, 0.2) is 5.82 Å². The molecule has 47 heavy (non-hydrogen) atoms. The number of nitrogens with zero attached hydrogens (tertiary/aromatic N) is 4. The van der Waals surface area contributed by atoms with E-state index in [9.17, 15) is 12.8 Å². The van der Waals surface area contributed by atoms with Gasteiger partial charge in [-0.25, -0.2) is 22.1 Å². The average Bonchev–Trinajstić information content (AvgIpc) is 3.04. The van der Waals surface area contributed by atoms with Gasteiger partial charge in [0.05, 0.1) is 31.5 Å². The Kier molecular flexibility index (Phi) is 9.79. The minimum absolute atomic E-state index is 0.281. The van der Waals surface area contributed by atoms with Crippen LogP contribution in [-0.4, -0.2) is 77.0 Å². The van der Waals surface area contributed by atoms with Crippen LogP contribution >= 0.6 is 23.2 Å². The van der Waals surface area contributed by atoms with Gasteiger partial charge in [-0.15, -0.1) is 0 Å². The topological polar surface area (TPSA) is 84.4 Å². The first-order valence-corrected chi connectivity index (χ1v) is 17.8. The summed E-state index contributed by atoms with van der Waals surface area (Å²) in [7, 11) is -1.90. The number of halogens is 4. The third-order valence-corrected chi connectivity index (χ3v) is 12.0. The lowest BCUT2D eigenvalue weighted by Gasteiger charge is -2.56. The van der Waals surface area contributed by atoms with Crippen LogP contribution in [0.4, 0.5) is 20.3 Å². The molecular weight excluding hydrogens is 673 g/mol. The molecule has 0 radical (unpaired) electrons. The Bertz CT molecular complexity index is 1740. The van der Waals surface area contributed by atoms with Gasteiger partial charge >= 0.3 is 0 Å². The molecule has 6 rings (SSSR count). The molecule has 0 aliphatic carbocycles. The predicted octanol–water partition coefficient (Wildman–Crippen LogP) is 6.55. The Morgan fingerprint density at radius 3 is 2.60 bits per heavy atom. The number of aromatic nitrogens is 1. The summed E-state index contributed by atoms with van der Waals surface area (Å²) in [6.07, 6.45) is 4.28. The first-order valence-electron chi connectivity index (χ1n) is 15.6. The molecule has 4 heterocycles. The number of methoxy groups -OCH3 is 2. The van der Waals surface area contributed by atoms with Crippen LogP contribution in [0.5, 0.6) is 11.5 Å². The third kappa shape index (κ3) is 6.72. The number of benzene rings is 2. The molecule has 0 bridgehead atoms. The standard InChI is InChI=1S/C33H38Cl2F2N4O5S/c1-21-6-5-12-39(17-21)23-11-13-46-33(16-23)19-40(20-33)26-15-25(34)32(31(37)30(26)35)47(42,43)41(29-8-4-7-28(36)38-29)18-22-9-10-24(44-2)14-27(22)45-3/h4,7-10,14-15,21,23H,5-6,11-13,16-20H2,1-3H3/t21-,23?/m1/s1. The Morgan fingerprint density at radius 1 is 1.11 bits per heavy atom. The first kappa shape index (κ1) is 34.0. The monoisotopic (exact) mass is 710 g/mol. The SMILES string of the molecule is COc1ccc(CN(c2cccc(F)n2)S(=O)(=O)c2c(Cl)cc(N3CC4(CC(N5CCC[C@@H](C)C5)CCO4)C3)c(Cl)c2F)c(OC)c1. The Labute approximate surface area is 284 Å². The van der Waals surface area contributed by atoms with Crippen molar-refractivity contribution in [3.05, 3.63) is 69.8 Å². The molecule has 2 atom stereocenters. The summed E-state index contributed by atoms with van der Waals surface area (Å²) >= 11 is 13.2. The van der Waals surface area contributed by atoms with Gasteiger partial charge in [-0.3, -0.25) is 4.90 Å². The van der Waals surface area contributed by atoms with Crippen LogP contribution in [0.15, 0.2) is 47.4 Å². The van der Waals surface area contributed by atoms with Gasteiger partial charge in [0.1, 0.15) is 32.8 Å². The number of pyridine rings is 1. The van der Waals surface area contributed by atoms with E-state index in [0.29, 0.717) is 48.7 Å². The Balaban J connectivity index is 1.29. The van der Waals surface area contributed by atoms with Gasteiger partial charge in [-0.05, 0) is 68.5 Å². The van der Waals surface area contributed by atoms with Crippen molar-refractivity contribution in [3.8, 4) is 11.5 Å². The molecule has 3 fully saturated rings. The van der Waals surface area contributed by atoms with Gasteiger partial charge in [0.2, 0.25) is 5.95 Å². The largest absolute Gasteiger partial charge is 0.497 e. The van der Waals surface area contributed by atoms with Crippen LogP contribution in [0.3, 0.4) is 0 Å². The van der Waals surface area contributed by atoms with Gasteiger partial charge < -0.3 is 19.1 Å². The highest BCUT2D eigenvalue weighted by Crippen LogP contribution is 2.45. The molecule has 3 aliphatic heterocycles. The number of ether oxygens (including phenoxy) is 3. The van der Waals surface area contributed by atoms with E-state index >= 15 is 4.39 Å². The van der Waals surface area contributed by atoms with Crippen molar-refractivity contribution >= 4 is 44.7 Å². The molecule has 9 nitrogen and oxygen atoms in total. The zero-order valence-electron chi connectivity index (χ0n) is 26.5. The lowest BCUT2D eigenvalue weighted by Crippen LogP contribution is -2.67. The molecule has 1 unspecified atom stereocenters. The van der Waals surface area contributed by atoms with Crippen molar-refractivity contribution in [2.24, 2.45) is 5.92 Å². The summed E-state index contributed by atoms with van der Waals surface area (Å²) in [5.74, 6) is -0.959. The van der Waals surface area contributed by atoms with Crippen LogP contribution in [0.2, 0.25) is 10.0 Å². The van der Waals surface area contributed by atoms with Crippen molar-refractivity contribution in [2.75, 3.05) is 56.2 Å². The minimum atomic E-state index is -4.80. The number of anilines is 2. The summed E-state index contributed by atoms with van der Waals surface area (Å²) in [5.41, 5.74) is 0.277. The fourth-order valence-corrected chi connectivity index (χ4v) is 9.33. The highest BCUT2D eigenvalue weighted by Gasteiger charge is 2.50. The van der Waals surface area contributed by atoms with E-state index in [4.69, 9.17) is 37.4 Å². The van der Waals surface area contributed by atoms with E-state index < -0.39 is 32.3 Å². The number of hydrogen-bond donors (Lipinski definition) is 0. The fourth-order valence-electron chi connectivity index (χ4n) is 7.02. The fraction of sp³-hybridized carbons (Fsp3) is 0.485. The number of sulfonamides is 1. The van der Waals surface area contributed by atoms with E-state index in [0.717, 1.165) is 36.3 Å². The summed E-state index contributed by atoms with van der Waals surface area (Å²) in [6.45, 7) is 5.68. The zero-order chi connectivity index (χ0) is 33.5. The van der Waals surface area contributed by atoms with Gasteiger partial charge in [0.25, 0.3) is 10.0 Å². The average molecular weight is 712 g/mol. The molecule has 2 aromatic carbocycles. The lowest BCUT2D eigenvalue weighted by molar-refractivity contribution is -0.123. The van der Waals surface area contributed by atoms with Crippen molar-refractivity contribution in [1.82, 2.24) is 9.88 Å². The molecule has 3 saturated heterocycles. The van der Waals surface area contributed by atoms with Crippen LogP contribution < -0.4 is 18.7 Å². The van der Waals surface area contributed by atoms with Gasteiger partial charge in [-0.2, -0.15) is 4.39 Å². The quantitative estimate of drug-likeness (QED) is 0.183. The second kappa shape index (κ2) is 13.5. The zero-order valence-corrected chi connectivity index (χ0v) is 28.8. The summed E-state index contributed by atoms with van der Waals surface area (Å²) < 4.78 is 76.8. The summed E-state index contributed by atoms with van der Waals surface area (Å²) in [4.78, 5) is 7.38. The van der Waals surface area contributed by atoms with Crippen molar-refractivity contribution in [2.45, 2.75) is 55.7 Å². The second-order valence-electron chi connectivity index (χ2n) is 12.6. The molecule has 3 aliphatic rings. The molecule has 1 spiro atoms. The first-order chi connectivity index (χ1) is 22.4. The number of likely N-dealkylation sites (tertiary alicyclic amines) is 1. The van der Waals surface area contributed by atoms with Crippen LogP contribution in [0.1, 0.15) is 38.2 Å². The Hall–Kier alpha value is -2.90. The molecule has 0 amide bonds. The number of rotatable bonds is 9. The molecule has 3 aromatic rings. The molecular formula is C33H38Cl2F2N4O5S. The van der Waals surface area contributed by atoms with E-state index in [1.165, 1.54) is 45.3 Å². The highest BCUT2D eigenvalue weighted by molar-refractivity contribution is 7.93. The highest BCUT2D eigenvalue weighted by atomic mass is 35.5. The maximum Gasteiger partial charge on any atom is 0.270 e. The van der Waals surface area contributed by atoms with Crippen molar-refractivity contribution in [3.63, 3.8) is 0 Å². The van der Waals surface area contributed by atoms with E-state index in [1.54, 1.807) is 18.2 Å². The van der Waals surface area contributed by atoms with Gasteiger partial charge in [0, 0.05) is 43.9 Å². The minimum Gasteiger partial charge on any atom is -0.497 e. The van der Waals surface area contributed by atoms with Crippen molar-refractivity contribution < 1.29 is 31.4 Å². The van der Waals surface area contributed by atoms with Gasteiger partial charge in [-0.1, -0.05) is 36.2 Å². The summed E-state index contributed by atoms with van der Waals surface area (Å²) in [5, 5.41) is -0.745. The Morgan fingerprint density at radius 2 is 1.89 bits per heavy atom. The molecule has 14 heteroatoms. The predicted molar refractivity (Wildman–Crippen MR) is 177 cm³/mol. The van der Waals surface area contributed by atoms with Crippen molar-refractivity contribution in [1.29, 1.82) is 0 Å². The maximum atomic E-state index is 16.2. The molecule has 0 saturated carbocycles. The molecule has 1 aromatic heterocycles. The van der Waals surface area contributed by atoms with E-state index in [2.05, 4.69) is 16.8 Å². The second-order valence-corrected chi connectivity index (χ2v) is 15.2. The lowest BCUT2D eigenvalue weighted by atomic mass is 9.82. The number of piperidine rings is 1.